The van der Waals surface area contributed by atoms with E-state index in [1.807, 2.05) is 31.7 Å². The maximum atomic E-state index is 12.5. The van der Waals surface area contributed by atoms with Crippen LogP contribution in [0, 0.1) is 12.8 Å². The number of carbonyl (C=O) groups is 3. The fourth-order valence-corrected chi connectivity index (χ4v) is 3.57. The molecule has 1 aliphatic heterocycles. The summed E-state index contributed by atoms with van der Waals surface area (Å²) >= 11 is 0. The summed E-state index contributed by atoms with van der Waals surface area (Å²) in [7, 11) is 0. The van der Waals surface area contributed by atoms with Crippen LogP contribution in [0.15, 0.2) is 24.3 Å². The molecular weight excluding hydrogens is 356 g/mol. The molecule has 0 saturated carbocycles. The van der Waals surface area contributed by atoms with Crippen LogP contribution in [-0.4, -0.2) is 47.9 Å². The summed E-state index contributed by atoms with van der Waals surface area (Å²) in [6.07, 6.45) is 4.01. The third kappa shape index (κ3) is 5.81. The maximum Gasteiger partial charge on any atom is 0.329 e. The molecule has 2 rings (SSSR count). The smallest absolute Gasteiger partial charge is 0.329 e. The first-order valence-electron chi connectivity index (χ1n) is 10.2. The summed E-state index contributed by atoms with van der Waals surface area (Å²) in [6.45, 7) is 8.08. The number of benzene rings is 1. The van der Waals surface area contributed by atoms with Crippen LogP contribution in [0.1, 0.15) is 62.4 Å². The number of nitrogens with one attached hydrogen (secondary N) is 1. The summed E-state index contributed by atoms with van der Waals surface area (Å²) in [5.74, 6) is -1.22. The van der Waals surface area contributed by atoms with Crippen molar-refractivity contribution in [2.45, 2.75) is 65.5 Å². The molecule has 1 heterocycles. The zero-order chi connectivity index (χ0) is 20.7. The molecule has 6 nitrogen and oxygen atoms in total. The van der Waals surface area contributed by atoms with Crippen LogP contribution >= 0.6 is 0 Å². The highest BCUT2D eigenvalue weighted by atomic mass is 16.5. The predicted octanol–water partition coefficient (Wildman–Crippen LogP) is 3.08. The summed E-state index contributed by atoms with van der Waals surface area (Å²) < 4.78 is 5.29. The molecule has 6 heteroatoms. The number of esters is 1. The first-order valence-corrected chi connectivity index (χ1v) is 10.2. The Bertz CT molecular complexity index is 702. The number of ether oxygens (including phenoxy) is 1. The van der Waals surface area contributed by atoms with Crippen molar-refractivity contribution in [3.8, 4) is 0 Å². The minimum absolute atomic E-state index is 0.158. The Labute approximate surface area is 167 Å². The Morgan fingerprint density at radius 1 is 1.25 bits per heavy atom. The van der Waals surface area contributed by atoms with E-state index in [-0.39, 0.29) is 30.4 Å². The van der Waals surface area contributed by atoms with Gasteiger partial charge in [0, 0.05) is 18.2 Å². The number of aryl methyl sites for hydroxylation is 1. The van der Waals surface area contributed by atoms with Crippen molar-refractivity contribution < 1.29 is 19.1 Å². The number of nitrogens with zero attached hydrogens (tertiary/aromatic N) is 1. The zero-order valence-corrected chi connectivity index (χ0v) is 17.4. The van der Waals surface area contributed by atoms with Crippen molar-refractivity contribution in [1.29, 1.82) is 0 Å². The Morgan fingerprint density at radius 3 is 2.64 bits per heavy atom. The Morgan fingerprint density at radius 2 is 2.00 bits per heavy atom. The second-order valence-electron chi connectivity index (χ2n) is 7.82. The maximum absolute atomic E-state index is 12.5. The van der Waals surface area contributed by atoms with Gasteiger partial charge in [-0.15, -0.1) is 0 Å². The van der Waals surface area contributed by atoms with Gasteiger partial charge in [0.25, 0.3) is 11.8 Å². The Hall–Kier alpha value is -2.37. The number of carbonyl (C=O) groups excluding carboxylic acids is 3. The van der Waals surface area contributed by atoms with Gasteiger partial charge in [-0.2, -0.15) is 0 Å². The fraction of sp³-hybridized carbons (Fsp3) is 0.591. The van der Waals surface area contributed by atoms with Crippen LogP contribution in [-0.2, 0) is 14.3 Å². The van der Waals surface area contributed by atoms with Gasteiger partial charge in [0.15, 0.2) is 6.61 Å². The van der Waals surface area contributed by atoms with Gasteiger partial charge in [-0.05, 0) is 50.7 Å². The molecule has 2 amide bonds. The van der Waals surface area contributed by atoms with E-state index in [4.69, 9.17) is 4.74 Å². The quantitative estimate of drug-likeness (QED) is 0.729. The van der Waals surface area contributed by atoms with E-state index in [2.05, 4.69) is 12.2 Å². The monoisotopic (exact) mass is 388 g/mol. The third-order valence-corrected chi connectivity index (χ3v) is 5.24. The van der Waals surface area contributed by atoms with Crippen LogP contribution in [0.4, 0.5) is 0 Å². The average Bonchev–Trinajstić information content (AvgIpc) is 2.69. The second kappa shape index (κ2) is 10.2. The van der Waals surface area contributed by atoms with E-state index in [0.29, 0.717) is 12.1 Å². The standard InChI is InChI=1S/C22H32N2O4/c1-5-18-11-6-7-12-24(18)19(25)14-28-22(27)20(15(2)3)23-21(26)17-10-8-9-16(4)13-17/h8-10,13,15,18,20H,5-7,11-12,14H2,1-4H3,(H,23,26)/t18?,20-/m0/s1. The highest BCUT2D eigenvalue weighted by Crippen LogP contribution is 2.19. The van der Waals surface area contributed by atoms with Crippen molar-refractivity contribution in [3.63, 3.8) is 0 Å². The van der Waals surface area contributed by atoms with E-state index < -0.39 is 12.0 Å². The van der Waals surface area contributed by atoms with E-state index in [9.17, 15) is 14.4 Å². The zero-order valence-electron chi connectivity index (χ0n) is 17.4. The normalized spacial score (nSPS) is 17.9. The number of piperidine rings is 1. The van der Waals surface area contributed by atoms with Crippen molar-refractivity contribution in [3.05, 3.63) is 35.4 Å². The summed E-state index contributed by atoms with van der Waals surface area (Å²) in [5, 5.41) is 2.74. The van der Waals surface area contributed by atoms with Gasteiger partial charge < -0.3 is 15.0 Å². The average molecular weight is 389 g/mol. The molecule has 0 radical (unpaired) electrons. The van der Waals surface area contributed by atoms with Crippen molar-refractivity contribution in [1.82, 2.24) is 10.2 Å². The van der Waals surface area contributed by atoms with Gasteiger partial charge in [-0.25, -0.2) is 4.79 Å². The van der Waals surface area contributed by atoms with Gasteiger partial charge in [0.05, 0.1) is 0 Å². The topological polar surface area (TPSA) is 75.7 Å². The third-order valence-electron chi connectivity index (χ3n) is 5.24. The molecule has 0 aromatic heterocycles. The molecule has 0 aliphatic carbocycles. The Balaban J connectivity index is 1.95. The lowest BCUT2D eigenvalue weighted by Crippen LogP contribution is -2.48. The van der Waals surface area contributed by atoms with Crippen LogP contribution in [0.2, 0.25) is 0 Å². The lowest BCUT2D eigenvalue weighted by atomic mass is 10.00. The first kappa shape index (κ1) is 21.9. The number of rotatable bonds is 7. The summed E-state index contributed by atoms with van der Waals surface area (Å²) in [6, 6.07) is 6.60. The van der Waals surface area contributed by atoms with Gasteiger partial charge in [-0.3, -0.25) is 9.59 Å². The number of likely N-dealkylation sites (tertiary alicyclic amines) is 1. The highest BCUT2D eigenvalue weighted by molar-refractivity contribution is 5.97. The molecule has 0 bridgehead atoms. The summed E-state index contributed by atoms with van der Waals surface area (Å²) in [5.41, 5.74) is 1.46. The van der Waals surface area contributed by atoms with E-state index in [0.717, 1.165) is 31.2 Å². The lowest BCUT2D eigenvalue weighted by Gasteiger charge is -2.35. The first-order chi connectivity index (χ1) is 13.3. The largest absolute Gasteiger partial charge is 0.454 e. The van der Waals surface area contributed by atoms with Crippen molar-refractivity contribution in [2.24, 2.45) is 5.92 Å². The van der Waals surface area contributed by atoms with Crippen LogP contribution < -0.4 is 5.32 Å². The molecule has 1 aliphatic rings. The molecule has 1 N–H and O–H groups in total. The van der Waals surface area contributed by atoms with Crippen LogP contribution in [0.5, 0.6) is 0 Å². The van der Waals surface area contributed by atoms with Gasteiger partial charge in [-0.1, -0.05) is 38.5 Å². The molecule has 1 aromatic rings. The van der Waals surface area contributed by atoms with E-state index >= 15 is 0 Å². The van der Waals surface area contributed by atoms with E-state index in [1.165, 1.54) is 0 Å². The highest BCUT2D eigenvalue weighted by Gasteiger charge is 2.29. The molecule has 28 heavy (non-hydrogen) atoms. The molecule has 1 fully saturated rings. The second-order valence-corrected chi connectivity index (χ2v) is 7.82. The minimum atomic E-state index is -0.802. The van der Waals surface area contributed by atoms with Crippen molar-refractivity contribution >= 4 is 17.8 Å². The minimum Gasteiger partial charge on any atom is -0.454 e. The van der Waals surface area contributed by atoms with Gasteiger partial charge in [0.2, 0.25) is 0 Å². The van der Waals surface area contributed by atoms with E-state index in [1.54, 1.807) is 18.2 Å². The molecule has 1 saturated heterocycles. The number of hydrogen-bond acceptors (Lipinski definition) is 4. The fourth-order valence-electron chi connectivity index (χ4n) is 3.57. The number of amides is 2. The SMILES string of the molecule is CCC1CCCCN1C(=O)COC(=O)[C@@H](NC(=O)c1cccc(C)c1)C(C)C. The van der Waals surface area contributed by atoms with Gasteiger partial charge in [0.1, 0.15) is 6.04 Å². The summed E-state index contributed by atoms with van der Waals surface area (Å²) in [4.78, 5) is 39.4. The molecule has 1 unspecified atom stereocenters. The molecule has 0 spiro atoms. The Kier molecular flexibility index (Phi) is 8.03. The van der Waals surface area contributed by atoms with Gasteiger partial charge >= 0.3 is 5.97 Å². The van der Waals surface area contributed by atoms with Crippen molar-refractivity contribution in [2.75, 3.05) is 13.2 Å². The lowest BCUT2D eigenvalue weighted by molar-refractivity contribution is -0.155. The molecule has 2 atom stereocenters. The molecule has 1 aromatic carbocycles. The predicted molar refractivity (Wildman–Crippen MR) is 108 cm³/mol. The number of hydrogen-bond donors (Lipinski definition) is 1. The van der Waals surface area contributed by atoms with Crippen LogP contribution in [0.25, 0.3) is 0 Å². The van der Waals surface area contributed by atoms with Crippen LogP contribution in [0.3, 0.4) is 0 Å². The molecular formula is C22H32N2O4. The molecule has 154 valence electrons.